The normalized spacial score (nSPS) is 16.2. The van der Waals surface area contributed by atoms with Crippen LogP contribution in [0.15, 0.2) is 42.5 Å². The maximum absolute atomic E-state index is 12.3. The van der Waals surface area contributed by atoms with Gasteiger partial charge in [0.05, 0.1) is 28.8 Å². The van der Waals surface area contributed by atoms with Crippen LogP contribution in [0.25, 0.3) is 0 Å². The first-order valence-corrected chi connectivity index (χ1v) is 9.24. The zero-order valence-electron chi connectivity index (χ0n) is 15.0. The van der Waals surface area contributed by atoms with E-state index in [0.717, 1.165) is 0 Å². The van der Waals surface area contributed by atoms with E-state index < -0.39 is 18.5 Å². The number of carbonyl (C=O) groups excluding carboxylic acids is 3. The largest absolute Gasteiger partial charge is 0.497 e. The fraction of sp³-hybridized carbons (Fsp3) is 0.250. The van der Waals surface area contributed by atoms with E-state index in [0.29, 0.717) is 22.0 Å². The van der Waals surface area contributed by atoms with Crippen molar-refractivity contribution in [2.75, 3.05) is 25.2 Å². The highest BCUT2D eigenvalue weighted by molar-refractivity contribution is 6.44. The molecular formula is C20H17Cl2NO5. The van der Waals surface area contributed by atoms with Crippen molar-refractivity contribution in [1.29, 1.82) is 0 Å². The van der Waals surface area contributed by atoms with Crippen molar-refractivity contribution >= 4 is 46.5 Å². The smallest absolute Gasteiger partial charge is 0.311 e. The number of methoxy groups -OCH3 is 1. The summed E-state index contributed by atoms with van der Waals surface area (Å²) >= 11 is 12.2. The zero-order chi connectivity index (χ0) is 20.3. The number of hydrogen-bond donors (Lipinski definition) is 0. The van der Waals surface area contributed by atoms with Crippen LogP contribution in [0.3, 0.4) is 0 Å². The van der Waals surface area contributed by atoms with Gasteiger partial charge in [-0.15, -0.1) is 0 Å². The van der Waals surface area contributed by atoms with Gasteiger partial charge in [-0.2, -0.15) is 0 Å². The van der Waals surface area contributed by atoms with Crippen LogP contribution in [0.5, 0.6) is 5.75 Å². The molecule has 2 aromatic rings. The molecule has 8 heteroatoms. The third-order valence-corrected chi connectivity index (χ3v) is 5.25. The monoisotopic (exact) mass is 421 g/mol. The number of benzene rings is 2. The molecule has 1 fully saturated rings. The van der Waals surface area contributed by atoms with Gasteiger partial charge in [-0.1, -0.05) is 29.3 Å². The molecule has 0 saturated carbocycles. The van der Waals surface area contributed by atoms with Crippen LogP contribution in [0.4, 0.5) is 5.69 Å². The average Bonchev–Trinajstić information content (AvgIpc) is 3.09. The topological polar surface area (TPSA) is 72.9 Å². The molecule has 1 aliphatic heterocycles. The molecule has 0 aromatic heterocycles. The third-order valence-electron chi connectivity index (χ3n) is 4.44. The summed E-state index contributed by atoms with van der Waals surface area (Å²) < 4.78 is 10.2. The molecule has 2 aromatic carbocycles. The van der Waals surface area contributed by atoms with Gasteiger partial charge >= 0.3 is 5.97 Å². The Hall–Kier alpha value is -2.57. The fourth-order valence-electron chi connectivity index (χ4n) is 2.91. The number of nitrogens with zero attached hydrogens (tertiary/aromatic N) is 1. The Kier molecular flexibility index (Phi) is 6.21. The number of ketones is 1. The van der Waals surface area contributed by atoms with Gasteiger partial charge in [0.1, 0.15) is 5.75 Å². The summed E-state index contributed by atoms with van der Waals surface area (Å²) in [5.41, 5.74) is 0.854. The summed E-state index contributed by atoms with van der Waals surface area (Å²) in [5, 5.41) is 0.573. The highest BCUT2D eigenvalue weighted by Gasteiger charge is 2.37. The van der Waals surface area contributed by atoms with Gasteiger partial charge in [0.2, 0.25) is 5.91 Å². The maximum atomic E-state index is 12.3. The molecule has 0 aliphatic carbocycles. The summed E-state index contributed by atoms with van der Waals surface area (Å²) in [6, 6.07) is 11.4. The van der Waals surface area contributed by atoms with Crippen molar-refractivity contribution in [1.82, 2.24) is 0 Å². The van der Waals surface area contributed by atoms with E-state index in [1.54, 1.807) is 42.5 Å². The van der Waals surface area contributed by atoms with E-state index >= 15 is 0 Å². The van der Waals surface area contributed by atoms with Crippen molar-refractivity contribution in [3.63, 3.8) is 0 Å². The van der Waals surface area contributed by atoms with E-state index in [2.05, 4.69) is 0 Å². The minimum absolute atomic E-state index is 0.0155. The zero-order valence-corrected chi connectivity index (χ0v) is 16.5. The van der Waals surface area contributed by atoms with E-state index in [1.807, 2.05) is 0 Å². The second-order valence-electron chi connectivity index (χ2n) is 6.24. The number of Topliss-reactive ketones (excluding diaryl/α,β-unsaturated/α-hetero) is 1. The molecule has 1 aliphatic rings. The lowest BCUT2D eigenvalue weighted by molar-refractivity contribution is -0.147. The minimum Gasteiger partial charge on any atom is -0.497 e. The molecule has 1 saturated heterocycles. The van der Waals surface area contributed by atoms with Crippen molar-refractivity contribution in [3.05, 3.63) is 58.1 Å². The quantitative estimate of drug-likeness (QED) is 0.524. The number of ether oxygens (including phenoxy) is 2. The van der Waals surface area contributed by atoms with Gasteiger partial charge < -0.3 is 14.4 Å². The molecule has 0 unspecified atom stereocenters. The number of rotatable bonds is 6. The fourth-order valence-corrected chi connectivity index (χ4v) is 3.31. The van der Waals surface area contributed by atoms with Crippen molar-refractivity contribution in [2.24, 2.45) is 5.92 Å². The van der Waals surface area contributed by atoms with Crippen molar-refractivity contribution in [2.45, 2.75) is 6.42 Å². The lowest BCUT2D eigenvalue weighted by atomic mass is 10.1. The van der Waals surface area contributed by atoms with Gasteiger partial charge in [0.25, 0.3) is 0 Å². The van der Waals surface area contributed by atoms with E-state index in [-0.39, 0.29) is 29.7 Å². The van der Waals surface area contributed by atoms with E-state index in [1.165, 1.54) is 12.0 Å². The number of carbonyl (C=O) groups is 3. The van der Waals surface area contributed by atoms with E-state index in [4.69, 9.17) is 32.7 Å². The van der Waals surface area contributed by atoms with Crippen LogP contribution in [0.2, 0.25) is 10.0 Å². The Bertz CT molecular complexity index is 913. The lowest BCUT2D eigenvalue weighted by Gasteiger charge is -2.18. The summed E-state index contributed by atoms with van der Waals surface area (Å²) in [5.74, 6) is -1.25. The number of halogens is 2. The van der Waals surface area contributed by atoms with Gasteiger partial charge in [-0.25, -0.2) is 0 Å². The number of amides is 1. The summed E-state index contributed by atoms with van der Waals surface area (Å²) in [6.45, 7) is -0.276. The van der Waals surface area contributed by atoms with Crippen molar-refractivity contribution in [3.8, 4) is 5.75 Å². The van der Waals surface area contributed by atoms with Crippen LogP contribution < -0.4 is 9.64 Å². The predicted molar refractivity (Wildman–Crippen MR) is 105 cm³/mol. The van der Waals surface area contributed by atoms with Gasteiger partial charge in [-0.3, -0.25) is 14.4 Å². The summed E-state index contributed by atoms with van der Waals surface area (Å²) in [4.78, 5) is 38.2. The summed E-state index contributed by atoms with van der Waals surface area (Å²) in [6.07, 6.45) is -0.0155. The molecule has 6 nitrogen and oxygen atoms in total. The molecule has 146 valence electrons. The maximum Gasteiger partial charge on any atom is 0.311 e. The first kappa shape index (κ1) is 20.2. The Morgan fingerprint density at radius 3 is 2.54 bits per heavy atom. The second-order valence-corrected chi connectivity index (χ2v) is 7.02. The van der Waals surface area contributed by atoms with Crippen LogP contribution >= 0.6 is 23.2 Å². The predicted octanol–water partition coefficient (Wildman–Crippen LogP) is 3.78. The molecule has 0 bridgehead atoms. The highest BCUT2D eigenvalue weighted by Crippen LogP contribution is 2.35. The molecule has 1 atom stereocenters. The van der Waals surface area contributed by atoms with Gasteiger partial charge in [-0.05, 0) is 36.4 Å². The standard InChI is InChI=1S/C20H17Cl2NO5/c1-27-14-7-5-12(6-8-14)17(24)11-28-20(26)13-9-18(25)23(10-13)16-4-2-3-15(21)19(16)22/h2-8,13H,9-11H2,1H3/t13-/m1/s1. The minimum atomic E-state index is -0.675. The number of anilines is 1. The Morgan fingerprint density at radius 1 is 1.14 bits per heavy atom. The SMILES string of the molecule is COc1ccc(C(=O)COC(=O)[C@@H]2CC(=O)N(c3cccc(Cl)c3Cl)C2)cc1. The molecule has 0 spiro atoms. The molecule has 1 amide bonds. The first-order chi connectivity index (χ1) is 13.4. The van der Waals surface area contributed by atoms with Crippen LogP contribution in [0, 0.1) is 5.92 Å². The van der Waals surface area contributed by atoms with Crippen LogP contribution in [-0.2, 0) is 14.3 Å². The van der Waals surface area contributed by atoms with Gasteiger partial charge in [0.15, 0.2) is 12.4 Å². The van der Waals surface area contributed by atoms with Crippen molar-refractivity contribution < 1.29 is 23.9 Å². The molecule has 3 rings (SSSR count). The Morgan fingerprint density at radius 2 is 1.86 bits per heavy atom. The number of esters is 1. The highest BCUT2D eigenvalue weighted by atomic mass is 35.5. The van der Waals surface area contributed by atoms with Crippen LogP contribution in [0.1, 0.15) is 16.8 Å². The molecule has 28 heavy (non-hydrogen) atoms. The Balaban J connectivity index is 1.60. The molecular weight excluding hydrogens is 405 g/mol. The molecule has 1 heterocycles. The first-order valence-electron chi connectivity index (χ1n) is 8.49. The van der Waals surface area contributed by atoms with Gasteiger partial charge in [0, 0.05) is 18.5 Å². The third kappa shape index (κ3) is 4.29. The summed E-state index contributed by atoms with van der Waals surface area (Å²) in [7, 11) is 1.53. The molecule has 0 N–H and O–H groups in total. The van der Waals surface area contributed by atoms with Crippen LogP contribution in [-0.4, -0.2) is 37.9 Å². The average molecular weight is 422 g/mol. The lowest BCUT2D eigenvalue weighted by Crippen LogP contribution is -2.27. The van der Waals surface area contributed by atoms with E-state index in [9.17, 15) is 14.4 Å². The number of hydrogen-bond acceptors (Lipinski definition) is 5. The second kappa shape index (κ2) is 8.63. The Labute approximate surface area is 171 Å². The molecule has 0 radical (unpaired) electrons.